The van der Waals surface area contributed by atoms with Gasteiger partial charge in [0.25, 0.3) is 0 Å². The van der Waals surface area contributed by atoms with Crippen LogP contribution in [0.5, 0.6) is 0 Å². The zero-order chi connectivity index (χ0) is 21.5. The number of hydrogen-bond donors (Lipinski definition) is 1. The van der Waals surface area contributed by atoms with Gasteiger partial charge < -0.3 is 15.0 Å². The molecule has 1 saturated heterocycles. The summed E-state index contributed by atoms with van der Waals surface area (Å²) in [5.41, 5.74) is 1.63. The number of benzene rings is 1. The molecule has 0 bridgehead atoms. The number of anilines is 1. The Labute approximate surface area is 175 Å². The number of amides is 1. The maximum absolute atomic E-state index is 12.6. The first-order valence-corrected chi connectivity index (χ1v) is 10.1. The molecular weight excluding hydrogens is 382 g/mol. The average molecular weight is 407 g/mol. The fourth-order valence-electron chi connectivity index (χ4n) is 3.54. The summed E-state index contributed by atoms with van der Waals surface area (Å²) < 4.78 is 5.14. The molecule has 1 aliphatic rings. The van der Waals surface area contributed by atoms with E-state index in [1.807, 2.05) is 23.1 Å². The van der Waals surface area contributed by atoms with Crippen LogP contribution in [0.15, 0.2) is 36.9 Å². The maximum Gasteiger partial charge on any atom is 0.309 e. The van der Waals surface area contributed by atoms with Crippen LogP contribution >= 0.6 is 0 Å². The fraction of sp³-hybridized carbons (Fsp3) is 0.409. The molecule has 0 unspecified atom stereocenters. The normalized spacial score (nSPS) is 15.3. The van der Waals surface area contributed by atoms with Gasteiger partial charge in [0.1, 0.15) is 5.69 Å². The SMILES string of the molecule is C=CCNC(=O)[C@H](C#N)c1nc2ccccc2nc1N1CCC(C(=O)OCC)CC1. The number of esters is 1. The molecule has 8 nitrogen and oxygen atoms in total. The highest BCUT2D eigenvalue weighted by atomic mass is 16.5. The second-order valence-corrected chi connectivity index (χ2v) is 7.03. The van der Waals surface area contributed by atoms with Crippen molar-refractivity contribution in [3.05, 3.63) is 42.6 Å². The van der Waals surface area contributed by atoms with Crippen molar-refractivity contribution in [2.24, 2.45) is 5.92 Å². The summed E-state index contributed by atoms with van der Waals surface area (Å²) in [5.74, 6) is -1.36. The highest BCUT2D eigenvalue weighted by Gasteiger charge is 2.32. The molecule has 1 aromatic heterocycles. The molecule has 2 heterocycles. The third kappa shape index (κ3) is 4.57. The van der Waals surface area contributed by atoms with Gasteiger partial charge in [-0.15, -0.1) is 6.58 Å². The highest BCUT2D eigenvalue weighted by molar-refractivity contribution is 5.89. The van der Waals surface area contributed by atoms with E-state index in [0.717, 1.165) is 0 Å². The lowest BCUT2D eigenvalue weighted by molar-refractivity contribution is -0.148. The Hall–Kier alpha value is -3.47. The number of nitrogens with zero attached hydrogens (tertiary/aromatic N) is 4. The summed E-state index contributed by atoms with van der Waals surface area (Å²) >= 11 is 0. The number of aromatic nitrogens is 2. The number of carbonyl (C=O) groups excluding carboxylic acids is 2. The van der Waals surface area contributed by atoms with Crippen molar-refractivity contribution in [3.63, 3.8) is 0 Å². The number of rotatable bonds is 7. The Morgan fingerprint density at radius 1 is 1.33 bits per heavy atom. The van der Waals surface area contributed by atoms with E-state index < -0.39 is 11.8 Å². The van der Waals surface area contributed by atoms with Crippen molar-refractivity contribution in [3.8, 4) is 6.07 Å². The van der Waals surface area contributed by atoms with Gasteiger partial charge in [0, 0.05) is 19.6 Å². The number of hydrogen-bond acceptors (Lipinski definition) is 7. The van der Waals surface area contributed by atoms with Gasteiger partial charge >= 0.3 is 5.97 Å². The molecule has 3 rings (SSSR count). The number of ether oxygens (including phenoxy) is 1. The average Bonchev–Trinajstić information content (AvgIpc) is 2.78. The summed E-state index contributed by atoms with van der Waals surface area (Å²) in [4.78, 5) is 36.0. The van der Waals surface area contributed by atoms with E-state index in [2.05, 4.69) is 22.9 Å². The maximum atomic E-state index is 12.6. The van der Waals surface area contributed by atoms with Crippen molar-refractivity contribution in [1.82, 2.24) is 15.3 Å². The Kier molecular flexibility index (Phi) is 6.96. The van der Waals surface area contributed by atoms with Crippen LogP contribution in [-0.4, -0.2) is 48.1 Å². The van der Waals surface area contributed by atoms with Crippen molar-refractivity contribution in [2.75, 3.05) is 31.1 Å². The minimum absolute atomic E-state index is 0.152. The Balaban J connectivity index is 1.94. The smallest absolute Gasteiger partial charge is 0.309 e. The van der Waals surface area contributed by atoms with Crippen molar-refractivity contribution in [2.45, 2.75) is 25.7 Å². The van der Waals surface area contributed by atoms with E-state index in [4.69, 9.17) is 9.72 Å². The first kappa shape index (κ1) is 21.2. The molecular formula is C22H25N5O3. The van der Waals surface area contributed by atoms with Crippen LogP contribution in [0.25, 0.3) is 11.0 Å². The number of nitriles is 1. The van der Waals surface area contributed by atoms with Gasteiger partial charge in [-0.05, 0) is 31.9 Å². The molecule has 156 valence electrons. The van der Waals surface area contributed by atoms with Crippen LogP contribution in [0.4, 0.5) is 5.82 Å². The molecule has 1 atom stereocenters. The second-order valence-electron chi connectivity index (χ2n) is 7.03. The van der Waals surface area contributed by atoms with E-state index in [1.165, 1.54) is 0 Å². The molecule has 1 fully saturated rings. The van der Waals surface area contributed by atoms with Crippen molar-refractivity contribution in [1.29, 1.82) is 5.26 Å². The highest BCUT2D eigenvalue weighted by Crippen LogP contribution is 2.30. The predicted octanol–water partition coefficient (Wildman–Crippen LogP) is 2.32. The molecule has 0 spiro atoms. The van der Waals surface area contributed by atoms with E-state index in [-0.39, 0.29) is 18.4 Å². The van der Waals surface area contributed by atoms with Crippen molar-refractivity contribution < 1.29 is 14.3 Å². The van der Waals surface area contributed by atoms with Crippen LogP contribution < -0.4 is 10.2 Å². The largest absolute Gasteiger partial charge is 0.466 e. The molecule has 0 radical (unpaired) electrons. The first-order chi connectivity index (χ1) is 14.6. The molecule has 30 heavy (non-hydrogen) atoms. The van der Waals surface area contributed by atoms with E-state index in [9.17, 15) is 14.9 Å². The van der Waals surface area contributed by atoms with Gasteiger partial charge in [-0.2, -0.15) is 5.26 Å². The standard InChI is InChI=1S/C22H25N5O3/c1-3-11-24-21(28)16(14-23)19-20(26-18-8-6-5-7-17(18)25-19)27-12-9-15(10-13-27)22(29)30-4-2/h3,5-8,15-16H,1,4,9-13H2,2H3,(H,24,28)/t16-/m1/s1. The van der Waals surface area contributed by atoms with E-state index in [0.29, 0.717) is 55.1 Å². The van der Waals surface area contributed by atoms with Crippen LogP contribution in [0.2, 0.25) is 0 Å². The molecule has 0 aliphatic carbocycles. The molecule has 1 amide bonds. The topological polar surface area (TPSA) is 108 Å². The lowest BCUT2D eigenvalue weighted by Crippen LogP contribution is -2.39. The van der Waals surface area contributed by atoms with Crippen molar-refractivity contribution >= 4 is 28.7 Å². The first-order valence-electron chi connectivity index (χ1n) is 10.1. The van der Waals surface area contributed by atoms with Gasteiger partial charge in [-0.3, -0.25) is 9.59 Å². The molecule has 1 aromatic carbocycles. The van der Waals surface area contributed by atoms with E-state index >= 15 is 0 Å². The zero-order valence-corrected chi connectivity index (χ0v) is 17.0. The number of para-hydroxylation sites is 2. The Morgan fingerprint density at radius 2 is 2.00 bits per heavy atom. The molecule has 1 N–H and O–H groups in total. The van der Waals surface area contributed by atoms with Gasteiger partial charge in [0.15, 0.2) is 11.7 Å². The van der Waals surface area contributed by atoms with Crippen LogP contribution in [-0.2, 0) is 14.3 Å². The summed E-state index contributed by atoms with van der Waals surface area (Å²) in [5, 5.41) is 12.4. The minimum Gasteiger partial charge on any atom is -0.466 e. The summed E-state index contributed by atoms with van der Waals surface area (Å²) in [6.45, 7) is 7.14. The third-order valence-corrected chi connectivity index (χ3v) is 5.08. The lowest BCUT2D eigenvalue weighted by Gasteiger charge is -2.33. The quantitative estimate of drug-likeness (QED) is 0.554. The minimum atomic E-state index is -1.10. The van der Waals surface area contributed by atoms with E-state index in [1.54, 1.807) is 19.1 Å². The fourth-order valence-corrected chi connectivity index (χ4v) is 3.54. The zero-order valence-electron chi connectivity index (χ0n) is 17.0. The summed E-state index contributed by atoms with van der Waals surface area (Å²) in [6, 6.07) is 9.42. The monoisotopic (exact) mass is 407 g/mol. The van der Waals surface area contributed by atoms with Gasteiger partial charge in [-0.1, -0.05) is 18.2 Å². The molecule has 0 saturated carbocycles. The Bertz CT molecular complexity index is 976. The third-order valence-electron chi connectivity index (χ3n) is 5.08. The number of fused-ring (bicyclic) bond motifs is 1. The van der Waals surface area contributed by atoms with Gasteiger partial charge in [0.2, 0.25) is 5.91 Å². The number of nitrogens with one attached hydrogen (secondary N) is 1. The van der Waals surface area contributed by atoms with Crippen LogP contribution in [0.1, 0.15) is 31.4 Å². The number of piperidine rings is 1. The predicted molar refractivity (Wildman–Crippen MR) is 113 cm³/mol. The second kappa shape index (κ2) is 9.83. The number of carbonyl (C=O) groups is 2. The molecule has 1 aliphatic heterocycles. The van der Waals surface area contributed by atoms with Crippen LogP contribution in [0.3, 0.4) is 0 Å². The summed E-state index contributed by atoms with van der Waals surface area (Å²) in [7, 11) is 0. The lowest BCUT2D eigenvalue weighted by atomic mass is 9.96. The van der Waals surface area contributed by atoms with Gasteiger partial charge in [0.05, 0.1) is 29.6 Å². The van der Waals surface area contributed by atoms with Crippen LogP contribution in [0, 0.1) is 17.2 Å². The van der Waals surface area contributed by atoms with Gasteiger partial charge in [-0.25, -0.2) is 9.97 Å². The Morgan fingerprint density at radius 3 is 2.60 bits per heavy atom. The molecule has 2 aromatic rings. The molecule has 8 heteroatoms. The summed E-state index contributed by atoms with van der Waals surface area (Å²) in [6.07, 6.45) is 2.79.